The average molecular weight is 617 g/mol. The van der Waals surface area contributed by atoms with E-state index in [1.54, 1.807) is 43.7 Å². The van der Waals surface area contributed by atoms with Crippen LogP contribution in [0.25, 0.3) is 22.3 Å². The van der Waals surface area contributed by atoms with E-state index in [1.165, 1.54) is 11.8 Å². The average Bonchev–Trinajstić information content (AvgIpc) is 3.00. The van der Waals surface area contributed by atoms with Gasteiger partial charge in [-0.2, -0.15) is 9.78 Å². The highest BCUT2D eigenvalue weighted by atomic mass is 35.5. The van der Waals surface area contributed by atoms with Crippen LogP contribution < -0.4 is 19.8 Å². The molecule has 0 aliphatic heterocycles. The Bertz CT molecular complexity index is 1880. The zero-order valence-corrected chi connectivity index (χ0v) is 26.0. The maximum absolute atomic E-state index is 13.8. The van der Waals surface area contributed by atoms with Gasteiger partial charge in [-0.1, -0.05) is 61.3 Å². The van der Waals surface area contributed by atoms with Crippen molar-refractivity contribution in [1.82, 2.24) is 9.66 Å². The maximum atomic E-state index is 13.8. The van der Waals surface area contributed by atoms with E-state index < -0.39 is 0 Å². The molecule has 43 heavy (non-hydrogen) atoms. The van der Waals surface area contributed by atoms with Gasteiger partial charge in [0.05, 0.1) is 36.4 Å². The van der Waals surface area contributed by atoms with Crippen LogP contribution in [0.4, 0.5) is 0 Å². The van der Waals surface area contributed by atoms with E-state index in [0.717, 1.165) is 28.0 Å². The molecule has 0 atom stereocenters. The monoisotopic (exact) mass is 615 g/mol. The molecular formula is C34H31Cl2N3O4. The van der Waals surface area contributed by atoms with Gasteiger partial charge in [-0.05, 0) is 83.6 Å². The summed E-state index contributed by atoms with van der Waals surface area (Å²) < 4.78 is 18.5. The lowest BCUT2D eigenvalue weighted by atomic mass is 9.96. The second kappa shape index (κ2) is 12.9. The molecule has 0 radical (unpaired) electrons. The summed E-state index contributed by atoms with van der Waals surface area (Å²) in [6.45, 7) is 6.43. The smallest absolute Gasteiger partial charge is 0.282 e. The molecule has 0 saturated carbocycles. The number of hydrogen-bond acceptors (Lipinski definition) is 6. The lowest BCUT2D eigenvalue weighted by Crippen LogP contribution is -2.20. The van der Waals surface area contributed by atoms with Gasteiger partial charge in [-0.3, -0.25) is 4.79 Å². The number of aromatic nitrogens is 2. The Morgan fingerprint density at radius 1 is 0.953 bits per heavy atom. The van der Waals surface area contributed by atoms with E-state index in [0.29, 0.717) is 43.8 Å². The molecule has 5 aromatic rings. The molecule has 0 spiro atoms. The number of halogens is 2. The first-order valence-electron chi connectivity index (χ1n) is 13.7. The third-order valence-corrected chi connectivity index (χ3v) is 7.60. The van der Waals surface area contributed by atoms with Crippen molar-refractivity contribution in [2.45, 2.75) is 33.3 Å². The van der Waals surface area contributed by atoms with E-state index in [4.69, 9.17) is 42.4 Å². The Morgan fingerprint density at radius 3 is 2.37 bits per heavy atom. The molecule has 0 aliphatic rings. The predicted octanol–water partition coefficient (Wildman–Crippen LogP) is 8.28. The van der Waals surface area contributed by atoms with Crippen molar-refractivity contribution in [1.29, 1.82) is 0 Å². The minimum Gasteiger partial charge on any atom is -0.496 e. The second-order valence-corrected chi connectivity index (χ2v) is 11.2. The zero-order valence-electron chi connectivity index (χ0n) is 24.5. The molecule has 9 heteroatoms. The molecule has 1 heterocycles. The molecule has 0 unspecified atom stereocenters. The van der Waals surface area contributed by atoms with E-state index in [2.05, 4.69) is 18.9 Å². The van der Waals surface area contributed by atoms with Crippen molar-refractivity contribution in [3.8, 4) is 28.6 Å². The third-order valence-electron chi connectivity index (χ3n) is 7.06. The van der Waals surface area contributed by atoms with E-state index in [9.17, 15) is 4.79 Å². The van der Waals surface area contributed by atoms with Gasteiger partial charge in [-0.25, -0.2) is 4.98 Å². The summed E-state index contributed by atoms with van der Waals surface area (Å²) in [5.74, 6) is 2.22. The van der Waals surface area contributed by atoms with Gasteiger partial charge in [0.15, 0.2) is 17.3 Å². The number of para-hydroxylation sites is 1. The molecule has 0 N–H and O–H groups in total. The van der Waals surface area contributed by atoms with Gasteiger partial charge in [0, 0.05) is 10.6 Å². The van der Waals surface area contributed by atoms with Crippen molar-refractivity contribution in [2.24, 2.45) is 5.10 Å². The van der Waals surface area contributed by atoms with Gasteiger partial charge < -0.3 is 14.2 Å². The highest BCUT2D eigenvalue weighted by Gasteiger charge is 2.19. The number of ether oxygens (including phenoxy) is 3. The number of benzene rings is 4. The van der Waals surface area contributed by atoms with Crippen LogP contribution in [-0.2, 0) is 6.61 Å². The second-order valence-electron chi connectivity index (χ2n) is 10.3. The Balaban J connectivity index is 1.58. The minimum atomic E-state index is -0.292. The predicted molar refractivity (Wildman–Crippen MR) is 174 cm³/mol. The number of aryl methyl sites for hydroxylation is 1. The molecule has 5 rings (SSSR count). The summed E-state index contributed by atoms with van der Waals surface area (Å²) in [4.78, 5) is 18.7. The summed E-state index contributed by atoms with van der Waals surface area (Å²) in [5.41, 5.74) is 4.53. The van der Waals surface area contributed by atoms with Gasteiger partial charge in [0.25, 0.3) is 5.56 Å². The fourth-order valence-corrected chi connectivity index (χ4v) is 5.19. The molecule has 0 fully saturated rings. The summed E-state index contributed by atoms with van der Waals surface area (Å²) in [6.07, 6.45) is 1.56. The fraction of sp³-hybridized carbons (Fsp3) is 0.206. The lowest BCUT2D eigenvalue weighted by Gasteiger charge is -2.17. The van der Waals surface area contributed by atoms with Crippen LogP contribution >= 0.6 is 23.2 Å². The molecular weight excluding hydrogens is 585 g/mol. The first-order chi connectivity index (χ1) is 20.7. The van der Waals surface area contributed by atoms with E-state index in [1.807, 2.05) is 49.4 Å². The van der Waals surface area contributed by atoms with Crippen LogP contribution in [0.2, 0.25) is 10.0 Å². The van der Waals surface area contributed by atoms with Crippen LogP contribution in [-0.4, -0.2) is 30.1 Å². The van der Waals surface area contributed by atoms with Gasteiger partial charge in [-0.15, -0.1) is 0 Å². The molecule has 0 aliphatic carbocycles. The quantitative estimate of drug-likeness (QED) is 0.156. The van der Waals surface area contributed by atoms with Gasteiger partial charge >= 0.3 is 0 Å². The van der Waals surface area contributed by atoms with Crippen molar-refractivity contribution >= 4 is 40.3 Å². The van der Waals surface area contributed by atoms with E-state index in [-0.39, 0.29) is 18.1 Å². The maximum Gasteiger partial charge on any atom is 0.282 e. The SMILES string of the molecule is COc1cc(C)c(-c2nc3ccccc3c(=O)n2N=Cc2cc(Cl)c(OCc3ccc(Cl)cc3)c(OC)c2)cc1C(C)C. The van der Waals surface area contributed by atoms with Crippen LogP contribution in [0.15, 0.2) is 82.7 Å². The van der Waals surface area contributed by atoms with Crippen LogP contribution in [0.3, 0.4) is 0 Å². The number of rotatable bonds is 9. The van der Waals surface area contributed by atoms with Gasteiger partial charge in [0.1, 0.15) is 12.4 Å². The highest BCUT2D eigenvalue weighted by Crippen LogP contribution is 2.37. The Hall–Kier alpha value is -4.33. The molecule has 0 saturated heterocycles. The van der Waals surface area contributed by atoms with Crippen molar-refractivity contribution in [3.63, 3.8) is 0 Å². The summed E-state index contributed by atoms with van der Waals surface area (Å²) in [7, 11) is 3.19. The van der Waals surface area contributed by atoms with Crippen molar-refractivity contribution in [2.75, 3.05) is 14.2 Å². The third kappa shape index (κ3) is 6.38. The highest BCUT2D eigenvalue weighted by molar-refractivity contribution is 6.32. The largest absolute Gasteiger partial charge is 0.496 e. The molecule has 7 nitrogen and oxygen atoms in total. The minimum absolute atomic E-state index is 0.188. The zero-order chi connectivity index (χ0) is 30.7. The first kappa shape index (κ1) is 30.1. The Kier molecular flexibility index (Phi) is 9.04. The topological polar surface area (TPSA) is 74.9 Å². The normalized spacial score (nSPS) is 11.4. The number of hydrogen-bond donors (Lipinski definition) is 0. The summed E-state index contributed by atoms with van der Waals surface area (Å²) >= 11 is 12.6. The number of nitrogens with zero attached hydrogens (tertiary/aromatic N) is 3. The Labute approximate surface area is 260 Å². The molecule has 4 aromatic carbocycles. The van der Waals surface area contributed by atoms with Crippen LogP contribution in [0.5, 0.6) is 17.2 Å². The lowest BCUT2D eigenvalue weighted by molar-refractivity contribution is 0.284. The van der Waals surface area contributed by atoms with Crippen molar-refractivity contribution < 1.29 is 14.2 Å². The molecule has 0 bridgehead atoms. The molecule has 220 valence electrons. The standard InChI is InChI=1S/C34H31Cl2N3O4/c1-20(2)26-17-27(21(3)14-30(26)41-4)33-38-29-9-7-6-8-25(29)34(40)39(33)37-18-23-15-28(36)32(31(16-23)42-5)43-19-22-10-12-24(35)13-11-22/h6-18,20H,19H2,1-5H3. The first-order valence-corrected chi connectivity index (χ1v) is 14.5. The van der Waals surface area contributed by atoms with E-state index >= 15 is 0 Å². The van der Waals surface area contributed by atoms with Crippen LogP contribution in [0, 0.1) is 6.92 Å². The fourth-order valence-electron chi connectivity index (χ4n) is 4.79. The van der Waals surface area contributed by atoms with Gasteiger partial charge in [0.2, 0.25) is 0 Å². The van der Waals surface area contributed by atoms with Crippen molar-refractivity contribution in [3.05, 3.63) is 115 Å². The Morgan fingerprint density at radius 2 is 1.67 bits per heavy atom. The number of fused-ring (bicyclic) bond motifs is 1. The molecule has 0 amide bonds. The summed E-state index contributed by atoms with van der Waals surface area (Å²) in [5, 5.41) is 6.07. The number of methoxy groups -OCH3 is 2. The van der Waals surface area contributed by atoms with Crippen LogP contribution in [0.1, 0.15) is 42.0 Å². The molecule has 1 aromatic heterocycles. The summed E-state index contributed by atoms with van der Waals surface area (Å²) in [6, 6.07) is 22.0.